The maximum atomic E-state index is 11.6. The van der Waals surface area contributed by atoms with E-state index in [9.17, 15) is 14.4 Å². The van der Waals surface area contributed by atoms with Crippen LogP contribution in [-0.2, 0) is 9.59 Å². The van der Waals surface area contributed by atoms with Gasteiger partial charge in [-0.3, -0.25) is 4.79 Å². The van der Waals surface area contributed by atoms with Crippen molar-refractivity contribution >= 4 is 23.6 Å². The summed E-state index contributed by atoms with van der Waals surface area (Å²) in [5.41, 5.74) is 0.598. The minimum absolute atomic E-state index is 0.246. The van der Waals surface area contributed by atoms with Crippen molar-refractivity contribution in [3.05, 3.63) is 30.3 Å². The Bertz CT molecular complexity index is 502. The van der Waals surface area contributed by atoms with E-state index in [2.05, 4.69) is 16.0 Å². The number of carboxylic acids is 1. The second-order valence-electron chi connectivity index (χ2n) is 4.80. The zero-order valence-corrected chi connectivity index (χ0v) is 11.9. The van der Waals surface area contributed by atoms with Crippen molar-refractivity contribution < 1.29 is 19.5 Å². The molecule has 0 unspecified atom stereocenters. The molecule has 0 heterocycles. The molecule has 7 nitrogen and oxygen atoms in total. The Morgan fingerprint density at radius 2 is 1.76 bits per heavy atom. The molecule has 0 saturated carbocycles. The van der Waals surface area contributed by atoms with E-state index in [1.807, 2.05) is 6.07 Å². The van der Waals surface area contributed by atoms with Crippen molar-refractivity contribution in [2.45, 2.75) is 19.9 Å². The summed E-state index contributed by atoms with van der Waals surface area (Å²) in [6, 6.07) is 7.25. The van der Waals surface area contributed by atoms with E-state index in [1.165, 1.54) is 0 Å². The molecule has 7 heteroatoms. The van der Waals surface area contributed by atoms with Crippen molar-refractivity contribution in [2.24, 2.45) is 5.92 Å². The second kappa shape index (κ2) is 7.88. The maximum Gasteiger partial charge on any atom is 0.326 e. The number of urea groups is 1. The van der Waals surface area contributed by atoms with Crippen LogP contribution in [-0.4, -0.2) is 35.6 Å². The van der Waals surface area contributed by atoms with Gasteiger partial charge in [0.2, 0.25) is 5.91 Å². The summed E-state index contributed by atoms with van der Waals surface area (Å²) in [4.78, 5) is 34.1. The number of amides is 3. The summed E-state index contributed by atoms with van der Waals surface area (Å²) in [7, 11) is 0. The van der Waals surface area contributed by atoms with Crippen molar-refractivity contribution in [3.63, 3.8) is 0 Å². The number of carbonyl (C=O) groups is 3. The fourth-order valence-electron chi connectivity index (χ4n) is 1.60. The number of rotatable bonds is 6. The standard InChI is InChI=1S/C14H19N3O4/c1-9(2)12(13(19)20)17-11(18)8-15-14(21)16-10-6-4-3-5-7-10/h3-7,9,12H,8H2,1-2H3,(H,17,18)(H,19,20)(H2,15,16,21)/t12-/m1/s1. The minimum Gasteiger partial charge on any atom is -0.480 e. The largest absolute Gasteiger partial charge is 0.480 e. The van der Waals surface area contributed by atoms with Crippen LogP contribution in [0.2, 0.25) is 0 Å². The minimum atomic E-state index is -1.10. The van der Waals surface area contributed by atoms with Crippen LogP contribution in [0.15, 0.2) is 30.3 Å². The number of hydrogen-bond acceptors (Lipinski definition) is 3. The highest BCUT2D eigenvalue weighted by atomic mass is 16.4. The van der Waals surface area contributed by atoms with E-state index in [0.717, 1.165) is 0 Å². The number of carbonyl (C=O) groups excluding carboxylic acids is 2. The van der Waals surface area contributed by atoms with Crippen LogP contribution in [0.25, 0.3) is 0 Å². The SMILES string of the molecule is CC(C)[C@@H](NC(=O)CNC(=O)Nc1ccccc1)C(=O)O. The van der Waals surface area contributed by atoms with E-state index >= 15 is 0 Å². The Labute approximate surface area is 122 Å². The first-order valence-electron chi connectivity index (χ1n) is 6.52. The van der Waals surface area contributed by atoms with E-state index in [-0.39, 0.29) is 12.5 Å². The number of aliphatic carboxylic acids is 1. The van der Waals surface area contributed by atoms with E-state index in [1.54, 1.807) is 38.1 Å². The fourth-order valence-corrected chi connectivity index (χ4v) is 1.60. The predicted molar refractivity (Wildman–Crippen MR) is 77.9 cm³/mol. The lowest BCUT2D eigenvalue weighted by molar-refractivity contribution is -0.142. The van der Waals surface area contributed by atoms with Crippen LogP contribution in [0.5, 0.6) is 0 Å². The molecule has 3 amide bonds. The first kappa shape index (κ1) is 16.5. The van der Waals surface area contributed by atoms with Crippen LogP contribution >= 0.6 is 0 Å². The quantitative estimate of drug-likeness (QED) is 0.628. The third-order valence-electron chi connectivity index (χ3n) is 2.69. The number of benzene rings is 1. The van der Waals surface area contributed by atoms with Crippen molar-refractivity contribution in [2.75, 3.05) is 11.9 Å². The number of nitrogens with one attached hydrogen (secondary N) is 3. The molecule has 0 fully saturated rings. The van der Waals surface area contributed by atoms with E-state index in [4.69, 9.17) is 5.11 Å². The molecule has 4 N–H and O–H groups in total. The first-order valence-corrected chi connectivity index (χ1v) is 6.52. The lowest BCUT2D eigenvalue weighted by Gasteiger charge is -2.18. The van der Waals surface area contributed by atoms with Gasteiger partial charge in [0.15, 0.2) is 0 Å². The van der Waals surface area contributed by atoms with Crippen molar-refractivity contribution in [3.8, 4) is 0 Å². The van der Waals surface area contributed by atoms with Gasteiger partial charge in [0, 0.05) is 5.69 Å². The Balaban J connectivity index is 2.39. The summed E-state index contributed by atoms with van der Waals surface area (Å²) in [6.45, 7) is 3.08. The smallest absolute Gasteiger partial charge is 0.326 e. The zero-order valence-electron chi connectivity index (χ0n) is 11.9. The third kappa shape index (κ3) is 5.94. The molecule has 0 aliphatic heterocycles. The fraction of sp³-hybridized carbons (Fsp3) is 0.357. The summed E-state index contributed by atoms with van der Waals surface area (Å²) in [6.07, 6.45) is 0. The van der Waals surface area contributed by atoms with Crippen molar-refractivity contribution in [1.29, 1.82) is 0 Å². The third-order valence-corrected chi connectivity index (χ3v) is 2.69. The summed E-state index contributed by atoms with van der Waals surface area (Å²) in [5, 5.41) is 16.2. The van der Waals surface area contributed by atoms with Gasteiger partial charge in [0.05, 0.1) is 6.54 Å². The Hall–Kier alpha value is -2.57. The molecule has 0 radical (unpaired) electrons. The molecule has 0 aromatic heterocycles. The van der Waals surface area contributed by atoms with Crippen LogP contribution < -0.4 is 16.0 Å². The monoisotopic (exact) mass is 293 g/mol. The molecule has 0 saturated heterocycles. The number of para-hydroxylation sites is 1. The molecule has 0 aliphatic carbocycles. The highest BCUT2D eigenvalue weighted by molar-refractivity contribution is 5.93. The lowest BCUT2D eigenvalue weighted by Crippen LogP contribution is -2.48. The Kier molecular flexibility index (Phi) is 6.19. The lowest BCUT2D eigenvalue weighted by atomic mass is 10.1. The maximum absolute atomic E-state index is 11.6. The normalized spacial score (nSPS) is 11.6. The topological polar surface area (TPSA) is 108 Å². The van der Waals surface area contributed by atoms with Crippen LogP contribution in [0, 0.1) is 5.92 Å². The molecular formula is C14H19N3O4. The number of carboxylic acid groups (broad SMARTS) is 1. The molecule has 1 atom stereocenters. The average molecular weight is 293 g/mol. The molecule has 1 rings (SSSR count). The molecular weight excluding hydrogens is 274 g/mol. The van der Waals surface area contributed by atoms with E-state index in [0.29, 0.717) is 5.69 Å². The van der Waals surface area contributed by atoms with Gasteiger partial charge in [-0.2, -0.15) is 0 Å². The molecule has 0 aliphatic rings. The van der Waals surface area contributed by atoms with Gasteiger partial charge in [-0.25, -0.2) is 9.59 Å². The summed E-state index contributed by atoms with van der Waals surface area (Å²) in [5.74, 6) is -1.91. The van der Waals surface area contributed by atoms with Gasteiger partial charge in [0.25, 0.3) is 0 Å². The Morgan fingerprint density at radius 1 is 1.14 bits per heavy atom. The highest BCUT2D eigenvalue weighted by Crippen LogP contribution is 2.04. The molecule has 114 valence electrons. The molecule has 1 aromatic carbocycles. The number of anilines is 1. The molecule has 21 heavy (non-hydrogen) atoms. The molecule has 1 aromatic rings. The van der Waals surface area contributed by atoms with Gasteiger partial charge < -0.3 is 21.1 Å². The van der Waals surface area contributed by atoms with Gasteiger partial charge >= 0.3 is 12.0 Å². The summed E-state index contributed by atoms with van der Waals surface area (Å²) >= 11 is 0. The predicted octanol–water partition coefficient (Wildman–Crippen LogP) is 1.03. The molecule has 0 spiro atoms. The zero-order chi connectivity index (χ0) is 15.8. The average Bonchev–Trinajstić information content (AvgIpc) is 2.43. The van der Waals surface area contributed by atoms with Crippen LogP contribution in [0.4, 0.5) is 10.5 Å². The van der Waals surface area contributed by atoms with E-state index < -0.39 is 23.9 Å². The van der Waals surface area contributed by atoms with Gasteiger partial charge in [-0.05, 0) is 18.1 Å². The van der Waals surface area contributed by atoms with Crippen molar-refractivity contribution in [1.82, 2.24) is 10.6 Å². The first-order chi connectivity index (χ1) is 9.90. The van der Waals surface area contributed by atoms with Crippen LogP contribution in [0.1, 0.15) is 13.8 Å². The Morgan fingerprint density at radius 3 is 2.29 bits per heavy atom. The number of hydrogen-bond donors (Lipinski definition) is 4. The van der Waals surface area contributed by atoms with Gasteiger partial charge in [-0.1, -0.05) is 32.0 Å². The highest BCUT2D eigenvalue weighted by Gasteiger charge is 2.23. The second-order valence-corrected chi connectivity index (χ2v) is 4.80. The van der Waals surface area contributed by atoms with Gasteiger partial charge in [-0.15, -0.1) is 0 Å². The molecule has 0 bridgehead atoms. The van der Waals surface area contributed by atoms with Crippen LogP contribution in [0.3, 0.4) is 0 Å². The summed E-state index contributed by atoms with van der Waals surface area (Å²) < 4.78 is 0. The van der Waals surface area contributed by atoms with Gasteiger partial charge in [0.1, 0.15) is 6.04 Å².